The highest BCUT2D eigenvalue weighted by molar-refractivity contribution is 7.18. The highest BCUT2D eigenvalue weighted by Gasteiger charge is 2.12. The summed E-state index contributed by atoms with van der Waals surface area (Å²) in [6.07, 6.45) is 1.23. The summed E-state index contributed by atoms with van der Waals surface area (Å²) in [4.78, 5) is 16.9. The Hall–Kier alpha value is -2.90. The van der Waals surface area contributed by atoms with Crippen LogP contribution in [-0.2, 0) is 17.6 Å². The Morgan fingerprint density at radius 2 is 1.71 bits per heavy atom. The number of aryl methyl sites for hydroxylation is 1. The fraction of sp³-hybridized carbons (Fsp3) is 0.143. The van der Waals surface area contributed by atoms with Crippen molar-refractivity contribution in [3.05, 3.63) is 71.2 Å². The van der Waals surface area contributed by atoms with Crippen LogP contribution in [0.1, 0.15) is 18.2 Å². The third-order valence-electron chi connectivity index (χ3n) is 4.19. The average Bonchev–Trinajstić information content (AvgIpc) is 3.38. The van der Waals surface area contributed by atoms with Crippen molar-refractivity contribution < 1.29 is 4.79 Å². The normalized spacial score (nSPS) is 10.8. The van der Waals surface area contributed by atoms with Gasteiger partial charge in [0.1, 0.15) is 10.0 Å². The Morgan fingerprint density at radius 1 is 0.964 bits per heavy atom. The van der Waals surface area contributed by atoms with E-state index in [1.54, 1.807) is 11.3 Å². The summed E-state index contributed by atoms with van der Waals surface area (Å²) in [7, 11) is 0. The fourth-order valence-corrected chi connectivity index (χ4v) is 4.29. The predicted octanol–water partition coefficient (Wildman–Crippen LogP) is 5.07. The lowest BCUT2D eigenvalue weighted by Crippen LogP contribution is -2.14. The third-order valence-corrected chi connectivity index (χ3v) is 6.02. The molecule has 0 saturated heterocycles. The third kappa shape index (κ3) is 4.32. The van der Waals surface area contributed by atoms with Crippen LogP contribution in [0.4, 0.5) is 5.13 Å². The number of aromatic nitrogens is 3. The molecule has 0 aliphatic heterocycles. The Balaban J connectivity index is 1.39. The van der Waals surface area contributed by atoms with Gasteiger partial charge in [0.15, 0.2) is 0 Å². The lowest BCUT2D eigenvalue weighted by molar-refractivity contribution is -0.115. The van der Waals surface area contributed by atoms with Gasteiger partial charge in [0.05, 0.1) is 12.1 Å². The van der Waals surface area contributed by atoms with E-state index in [4.69, 9.17) is 0 Å². The summed E-state index contributed by atoms with van der Waals surface area (Å²) in [5.41, 5.74) is 4.11. The molecular weight excluding hydrogens is 388 g/mol. The zero-order chi connectivity index (χ0) is 19.3. The summed E-state index contributed by atoms with van der Waals surface area (Å²) >= 11 is 2.91. The molecular formula is C21H18N4OS2. The molecule has 0 radical (unpaired) electrons. The first-order valence-electron chi connectivity index (χ1n) is 8.94. The molecule has 140 valence electrons. The first-order valence-corrected chi connectivity index (χ1v) is 10.6. The molecule has 2 aromatic carbocycles. The maximum Gasteiger partial charge on any atom is 0.232 e. The summed E-state index contributed by atoms with van der Waals surface area (Å²) in [6, 6.07) is 18.2. The Bertz CT molecular complexity index is 1070. The lowest BCUT2D eigenvalue weighted by atomic mass is 10.1. The molecule has 0 aliphatic carbocycles. The van der Waals surface area contributed by atoms with Gasteiger partial charge in [-0.15, -0.1) is 21.5 Å². The van der Waals surface area contributed by atoms with Gasteiger partial charge in [0.25, 0.3) is 0 Å². The number of hydrogen-bond donors (Lipinski definition) is 1. The van der Waals surface area contributed by atoms with Crippen LogP contribution in [0.15, 0.2) is 60.0 Å². The minimum absolute atomic E-state index is 0.144. The second-order valence-corrected chi connectivity index (χ2v) is 8.03. The fourth-order valence-electron chi connectivity index (χ4n) is 2.70. The largest absolute Gasteiger partial charge is 0.300 e. The van der Waals surface area contributed by atoms with Crippen molar-refractivity contribution in [2.75, 3.05) is 5.32 Å². The maximum atomic E-state index is 12.3. The first-order chi connectivity index (χ1) is 13.7. The number of nitrogens with one attached hydrogen (secondary N) is 1. The zero-order valence-corrected chi connectivity index (χ0v) is 16.9. The number of carbonyl (C=O) groups excluding carboxylic acids is 1. The molecule has 7 heteroatoms. The van der Waals surface area contributed by atoms with Crippen LogP contribution in [0.3, 0.4) is 0 Å². The molecule has 0 atom stereocenters. The van der Waals surface area contributed by atoms with Crippen LogP contribution >= 0.6 is 22.7 Å². The number of carbonyl (C=O) groups is 1. The van der Waals surface area contributed by atoms with Crippen LogP contribution < -0.4 is 5.32 Å². The molecule has 0 saturated carbocycles. The molecule has 2 heterocycles. The summed E-state index contributed by atoms with van der Waals surface area (Å²) in [5, 5.41) is 15.1. The number of anilines is 1. The number of thiazole rings is 1. The maximum absolute atomic E-state index is 12.3. The second-order valence-electron chi connectivity index (χ2n) is 6.20. The molecule has 0 spiro atoms. The van der Waals surface area contributed by atoms with Gasteiger partial charge < -0.3 is 5.32 Å². The highest BCUT2D eigenvalue weighted by atomic mass is 32.1. The van der Waals surface area contributed by atoms with Gasteiger partial charge in [-0.3, -0.25) is 4.79 Å². The van der Waals surface area contributed by atoms with Gasteiger partial charge in [-0.1, -0.05) is 72.9 Å². The van der Waals surface area contributed by atoms with Crippen molar-refractivity contribution in [3.8, 4) is 21.1 Å². The van der Waals surface area contributed by atoms with E-state index in [1.807, 2.05) is 35.7 Å². The summed E-state index contributed by atoms with van der Waals surface area (Å²) in [6.45, 7) is 2.13. The SMILES string of the molecule is CCc1ccc(-c2nc(CC(=O)Nc3nnc(-c4ccccc4)s3)cs2)cc1. The topological polar surface area (TPSA) is 67.8 Å². The van der Waals surface area contributed by atoms with Crippen molar-refractivity contribution >= 4 is 33.7 Å². The van der Waals surface area contributed by atoms with Gasteiger partial charge in [-0.05, 0) is 12.0 Å². The van der Waals surface area contributed by atoms with Crippen LogP contribution in [0.25, 0.3) is 21.1 Å². The van der Waals surface area contributed by atoms with Crippen molar-refractivity contribution in [2.45, 2.75) is 19.8 Å². The quantitative estimate of drug-likeness (QED) is 0.485. The van der Waals surface area contributed by atoms with E-state index >= 15 is 0 Å². The number of amides is 1. The van der Waals surface area contributed by atoms with Crippen molar-refractivity contribution in [3.63, 3.8) is 0 Å². The van der Waals surface area contributed by atoms with Gasteiger partial charge in [-0.25, -0.2) is 4.98 Å². The van der Waals surface area contributed by atoms with Gasteiger partial charge >= 0.3 is 0 Å². The molecule has 5 nitrogen and oxygen atoms in total. The minimum Gasteiger partial charge on any atom is -0.300 e. The molecule has 0 unspecified atom stereocenters. The number of benzene rings is 2. The summed E-state index contributed by atoms with van der Waals surface area (Å²) < 4.78 is 0. The number of hydrogen-bond acceptors (Lipinski definition) is 6. The highest BCUT2D eigenvalue weighted by Crippen LogP contribution is 2.27. The van der Waals surface area contributed by atoms with E-state index < -0.39 is 0 Å². The van der Waals surface area contributed by atoms with Gasteiger partial charge in [-0.2, -0.15) is 0 Å². The monoisotopic (exact) mass is 406 g/mol. The van der Waals surface area contributed by atoms with Crippen molar-refractivity contribution in [2.24, 2.45) is 0 Å². The van der Waals surface area contributed by atoms with Crippen LogP contribution in [0, 0.1) is 0 Å². The van der Waals surface area contributed by atoms with Gasteiger partial charge in [0, 0.05) is 16.5 Å². The Kier molecular flexibility index (Phi) is 5.55. The Morgan fingerprint density at radius 3 is 2.46 bits per heavy atom. The Labute approximate surface area is 171 Å². The van der Waals surface area contributed by atoms with E-state index in [0.29, 0.717) is 5.13 Å². The van der Waals surface area contributed by atoms with Crippen LogP contribution in [-0.4, -0.2) is 21.1 Å². The van der Waals surface area contributed by atoms with E-state index in [0.717, 1.165) is 33.3 Å². The molecule has 0 fully saturated rings. The van der Waals surface area contributed by atoms with Crippen molar-refractivity contribution in [1.29, 1.82) is 0 Å². The van der Waals surface area contributed by atoms with Crippen molar-refractivity contribution in [1.82, 2.24) is 15.2 Å². The molecule has 28 heavy (non-hydrogen) atoms. The van der Waals surface area contributed by atoms with E-state index in [2.05, 4.69) is 51.7 Å². The molecule has 2 aromatic heterocycles. The number of nitrogens with zero attached hydrogens (tertiary/aromatic N) is 3. The molecule has 4 rings (SSSR count). The molecule has 0 aliphatic rings. The zero-order valence-electron chi connectivity index (χ0n) is 15.3. The standard InChI is InChI=1S/C21H18N4OS2/c1-2-14-8-10-16(11-9-14)19-22-17(13-27-19)12-18(26)23-21-25-24-20(28-21)15-6-4-3-5-7-15/h3-11,13H,2,12H2,1H3,(H,23,25,26). The molecule has 4 aromatic rings. The molecule has 1 N–H and O–H groups in total. The lowest BCUT2D eigenvalue weighted by Gasteiger charge is -2.00. The molecule has 0 bridgehead atoms. The number of rotatable bonds is 6. The smallest absolute Gasteiger partial charge is 0.232 e. The first kappa shape index (κ1) is 18.5. The van der Waals surface area contributed by atoms with Crippen LogP contribution in [0.2, 0.25) is 0 Å². The molecule has 1 amide bonds. The summed E-state index contributed by atoms with van der Waals surface area (Å²) in [5.74, 6) is -0.144. The predicted molar refractivity (Wildman–Crippen MR) is 115 cm³/mol. The van der Waals surface area contributed by atoms with E-state index in [1.165, 1.54) is 16.9 Å². The van der Waals surface area contributed by atoms with E-state index in [9.17, 15) is 4.79 Å². The van der Waals surface area contributed by atoms with Gasteiger partial charge in [0.2, 0.25) is 11.0 Å². The average molecular weight is 407 g/mol. The second kappa shape index (κ2) is 8.41. The van der Waals surface area contributed by atoms with Crippen LogP contribution in [0.5, 0.6) is 0 Å². The van der Waals surface area contributed by atoms with E-state index in [-0.39, 0.29) is 12.3 Å². The minimum atomic E-state index is -0.144.